The van der Waals surface area contributed by atoms with Crippen molar-refractivity contribution in [2.24, 2.45) is 0 Å². The van der Waals surface area contributed by atoms with E-state index in [-0.39, 0.29) is 5.91 Å². The van der Waals surface area contributed by atoms with Crippen LogP contribution in [0.4, 0.5) is 11.4 Å². The number of nitrogens with two attached hydrogens (primary N) is 1. The second-order valence-corrected chi connectivity index (χ2v) is 5.86. The molecule has 1 amide bonds. The molecule has 0 radical (unpaired) electrons. The van der Waals surface area contributed by atoms with Crippen LogP contribution < -0.4 is 15.8 Å². The summed E-state index contributed by atoms with van der Waals surface area (Å²) in [5.74, 6) is 0.287. The third kappa shape index (κ3) is 3.32. The molecule has 0 heterocycles. The number of anilines is 2. The molecule has 2 rings (SSSR count). The molecule has 0 atom stereocenters. The van der Waals surface area contributed by atoms with E-state index in [4.69, 9.17) is 10.5 Å². The van der Waals surface area contributed by atoms with Gasteiger partial charge >= 0.3 is 0 Å². The van der Waals surface area contributed by atoms with Gasteiger partial charge in [0.25, 0.3) is 5.91 Å². The fourth-order valence-electron chi connectivity index (χ4n) is 1.69. The number of amides is 1. The molecule has 20 heavy (non-hydrogen) atoms. The van der Waals surface area contributed by atoms with Gasteiger partial charge in [-0.2, -0.15) is 0 Å². The highest BCUT2D eigenvalue weighted by Crippen LogP contribution is 2.29. The lowest BCUT2D eigenvalue weighted by Gasteiger charge is -2.12. The Morgan fingerprint density at radius 2 is 1.80 bits per heavy atom. The lowest BCUT2D eigenvalue weighted by Crippen LogP contribution is -2.14. The minimum atomic E-state index is -0.291. The summed E-state index contributed by atoms with van der Waals surface area (Å²) in [5, 5.41) is 2.79. The van der Waals surface area contributed by atoms with Crippen LogP contribution >= 0.6 is 31.9 Å². The summed E-state index contributed by atoms with van der Waals surface area (Å²) in [6, 6.07) is 10.5. The predicted molar refractivity (Wildman–Crippen MR) is 87.2 cm³/mol. The van der Waals surface area contributed by atoms with Gasteiger partial charge < -0.3 is 15.8 Å². The molecule has 0 aromatic heterocycles. The molecule has 0 unspecified atom stereocenters. The summed E-state index contributed by atoms with van der Waals surface area (Å²) in [6.07, 6.45) is 0. The number of rotatable bonds is 3. The smallest absolute Gasteiger partial charge is 0.257 e. The fraction of sp³-hybridized carbons (Fsp3) is 0.0714. The summed E-state index contributed by atoms with van der Waals surface area (Å²) >= 11 is 6.68. The molecule has 0 saturated heterocycles. The van der Waals surface area contributed by atoms with Crippen molar-refractivity contribution in [1.29, 1.82) is 0 Å². The lowest BCUT2D eigenvalue weighted by atomic mass is 10.1. The van der Waals surface area contributed by atoms with Crippen LogP contribution in [0.1, 0.15) is 10.4 Å². The largest absolute Gasteiger partial charge is 0.495 e. The van der Waals surface area contributed by atoms with Gasteiger partial charge in [0.2, 0.25) is 0 Å². The molecule has 0 fully saturated rings. The van der Waals surface area contributed by atoms with Crippen molar-refractivity contribution < 1.29 is 9.53 Å². The third-order valence-corrected chi connectivity index (χ3v) is 3.66. The Kier molecular flexibility index (Phi) is 4.67. The van der Waals surface area contributed by atoms with Crippen LogP contribution in [0.3, 0.4) is 0 Å². The summed E-state index contributed by atoms with van der Waals surface area (Å²) in [4.78, 5) is 12.3. The van der Waals surface area contributed by atoms with Gasteiger partial charge in [-0.25, -0.2) is 0 Å². The van der Waals surface area contributed by atoms with E-state index in [2.05, 4.69) is 37.2 Å². The number of ether oxygens (including phenoxy) is 1. The normalized spacial score (nSPS) is 10.2. The van der Waals surface area contributed by atoms with Crippen molar-refractivity contribution in [3.63, 3.8) is 0 Å². The zero-order chi connectivity index (χ0) is 14.7. The Hall–Kier alpha value is -1.53. The summed E-state index contributed by atoms with van der Waals surface area (Å²) in [5.41, 5.74) is 7.22. The Labute approximate surface area is 133 Å². The van der Waals surface area contributed by atoms with Gasteiger partial charge in [0.1, 0.15) is 5.75 Å². The first-order valence-corrected chi connectivity index (χ1v) is 7.30. The maximum atomic E-state index is 12.3. The molecular weight excluding hydrogens is 388 g/mol. The Morgan fingerprint density at radius 3 is 2.50 bits per heavy atom. The maximum Gasteiger partial charge on any atom is 0.257 e. The number of hydrogen-bond acceptors (Lipinski definition) is 3. The van der Waals surface area contributed by atoms with Crippen molar-refractivity contribution in [3.8, 4) is 5.75 Å². The van der Waals surface area contributed by atoms with Crippen LogP contribution in [0.2, 0.25) is 0 Å². The van der Waals surface area contributed by atoms with E-state index in [9.17, 15) is 4.79 Å². The average Bonchev–Trinajstić information content (AvgIpc) is 2.41. The molecule has 0 saturated carbocycles. The molecule has 4 nitrogen and oxygen atoms in total. The zero-order valence-electron chi connectivity index (χ0n) is 10.6. The number of nitrogens with one attached hydrogen (secondary N) is 1. The Balaban J connectivity index is 2.32. The van der Waals surface area contributed by atoms with Gasteiger partial charge in [-0.05, 0) is 36.4 Å². The first-order chi connectivity index (χ1) is 9.51. The second kappa shape index (κ2) is 6.28. The highest BCUT2D eigenvalue weighted by molar-refractivity contribution is 9.10. The van der Waals surface area contributed by atoms with Crippen molar-refractivity contribution in [3.05, 3.63) is 50.9 Å². The number of carbonyl (C=O) groups excluding carboxylic acids is 1. The summed E-state index contributed by atoms with van der Waals surface area (Å²) < 4.78 is 6.85. The Bertz CT molecular complexity index is 660. The highest BCUT2D eigenvalue weighted by atomic mass is 79.9. The number of nitrogen functional groups attached to an aromatic ring is 1. The van der Waals surface area contributed by atoms with Crippen LogP contribution in [-0.2, 0) is 0 Å². The number of benzene rings is 2. The molecule has 0 spiro atoms. The molecule has 2 aromatic rings. The zero-order valence-corrected chi connectivity index (χ0v) is 13.8. The van der Waals surface area contributed by atoms with E-state index in [1.54, 1.807) is 37.4 Å². The molecule has 0 aliphatic heterocycles. The number of methoxy groups -OCH3 is 1. The van der Waals surface area contributed by atoms with E-state index in [1.165, 1.54) is 0 Å². The van der Waals surface area contributed by atoms with Crippen LogP contribution in [-0.4, -0.2) is 13.0 Å². The van der Waals surface area contributed by atoms with Crippen molar-refractivity contribution in [2.75, 3.05) is 18.2 Å². The third-order valence-electron chi connectivity index (χ3n) is 2.67. The van der Waals surface area contributed by atoms with Crippen LogP contribution in [0.15, 0.2) is 45.3 Å². The quantitative estimate of drug-likeness (QED) is 0.765. The van der Waals surface area contributed by atoms with Crippen molar-refractivity contribution >= 4 is 49.1 Å². The first-order valence-electron chi connectivity index (χ1n) is 5.71. The van der Waals surface area contributed by atoms with Gasteiger partial charge in [0.05, 0.1) is 18.4 Å². The topological polar surface area (TPSA) is 64.3 Å². The first kappa shape index (κ1) is 14.9. The maximum absolute atomic E-state index is 12.3. The average molecular weight is 400 g/mol. The van der Waals surface area contributed by atoms with E-state index >= 15 is 0 Å². The van der Waals surface area contributed by atoms with E-state index in [1.807, 2.05) is 6.07 Å². The molecule has 2 aromatic carbocycles. The van der Waals surface area contributed by atoms with Gasteiger partial charge in [0, 0.05) is 14.6 Å². The predicted octanol–water partition coefficient (Wildman–Crippen LogP) is 4.05. The summed E-state index contributed by atoms with van der Waals surface area (Å²) in [6.45, 7) is 0. The molecule has 0 aliphatic rings. The minimum Gasteiger partial charge on any atom is -0.495 e. The SMILES string of the molecule is COc1ccc(Br)cc1NC(=O)c1cc(Br)ccc1N. The summed E-state index contributed by atoms with van der Waals surface area (Å²) in [7, 11) is 1.55. The van der Waals surface area contributed by atoms with Crippen molar-refractivity contribution in [1.82, 2.24) is 0 Å². The monoisotopic (exact) mass is 398 g/mol. The van der Waals surface area contributed by atoms with E-state index < -0.39 is 0 Å². The number of hydrogen-bond donors (Lipinski definition) is 2. The lowest BCUT2D eigenvalue weighted by molar-refractivity contribution is 0.102. The number of carbonyl (C=O) groups is 1. The second-order valence-electron chi connectivity index (χ2n) is 4.03. The fourth-order valence-corrected chi connectivity index (χ4v) is 2.41. The molecular formula is C14H12Br2N2O2. The van der Waals surface area contributed by atoms with Gasteiger partial charge in [-0.15, -0.1) is 0 Å². The molecule has 0 aliphatic carbocycles. The number of halogens is 2. The molecule has 3 N–H and O–H groups in total. The van der Waals surface area contributed by atoms with Crippen molar-refractivity contribution in [2.45, 2.75) is 0 Å². The van der Waals surface area contributed by atoms with Gasteiger partial charge in [-0.3, -0.25) is 4.79 Å². The van der Waals surface area contributed by atoms with E-state index in [0.717, 1.165) is 8.95 Å². The van der Waals surface area contributed by atoms with Gasteiger partial charge in [-0.1, -0.05) is 31.9 Å². The van der Waals surface area contributed by atoms with Crippen LogP contribution in [0.5, 0.6) is 5.75 Å². The van der Waals surface area contributed by atoms with Gasteiger partial charge in [0.15, 0.2) is 0 Å². The minimum absolute atomic E-state index is 0.291. The Morgan fingerprint density at radius 1 is 1.15 bits per heavy atom. The van der Waals surface area contributed by atoms with Crippen LogP contribution in [0.25, 0.3) is 0 Å². The van der Waals surface area contributed by atoms with E-state index in [0.29, 0.717) is 22.7 Å². The molecule has 6 heteroatoms. The molecule has 104 valence electrons. The van der Waals surface area contributed by atoms with Crippen LogP contribution in [0, 0.1) is 0 Å². The molecule has 0 bridgehead atoms. The highest BCUT2D eigenvalue weighted by Gasteiger charge is 2.13. The standard InChI is InChI=1S/C14H12Br2N2O2/c1-20-13-5-3-9(16)7-12(13)18-14(19)10-6-8(15)2-4-11(10)17/h2-7H,17H2,1H3,(H,18,19).